The van der Waals surface area contributed by atoms with Gasteiger partial charge in [-0.05, 0) is 77.7 Å². The Hall–Kier alpha value is -4.36. The molecule has 0 atom stereocenters. The number of pyridine rings is 1. The maximum atomic E-state index is 8.90. The summed E-state index contributed by atoms with van der Waals surface area (Å²) in [6.07, 6.45) is 1.83. The number of fused-ring (bicyclic) bond motifs is 2. The van der Waals surface area contributed by atoms with E-state index < -0.39 is 0 Å². The molecule has 1 aromatic heterocycles. The normalized spacial score (nSPS) is 10.8. The van der Waals surface area contributed by atoms with Crippen LogP contribution in [-0.4, -0.2) is 11.6 Å². The molecule has 0 unspecified atom stereocenters. The van der Waals surface area contributed by atoms with Crippen molar-refractivity contribution in [3.8, 4) is 17.6 Å². The highest BCUT2D eigenvalue weighted by Crippen LogP contribution is 2.26. The fraction of sp³-hybridized carbons (Fsp3) is 0.133. The Morgan fingerprint density at radius 2 is 1.44 bits per heavy atom. The summed E-state index contributed by atoms with van der Waals surface area (Å²) in [4.78, 5) is 4.68. The molecule has 0 spiro atoms. The lowest BCUT2D eigenvalue weighted by molar-refractivity contribution is 0.302. The van der Waals surface area contributed by atoms with Crippen LogP contribution in [0.2, 0.25) is 0 Å². The third-order valence-corrected chi connectivity index (χ3v) is 5.79. The second-order valence-electron chi connectivity index (χ2n) is 8.22. The fourth-order valence-corrected chi connectivity index (χ4v) is 3.94. The van der Waals surface area contributed by atoms with Crippen LogP contribution in [0.1, 0.15) is 23.2 Å². The minimum atomic E-state index is 0.419. The van der Waals surface area contributed by atoms with Gasteiger partial charge in [0.25, 0.3) is 0 Å². The molecule has 4 aromatic carbocycles. The van der Waals surface area contributed by atoms with Crippen molar-refractivity contribution < 1.29 is 9.47 Å². The molecular weight excluding hydrogens is 420 g/mol. The molecule has 0 aliphatic carbocycles. The number of hydrogen-bond donors (Lipinski definition) is 0. The van der Waals surface area contributed by atoms with Crippen LogP contribution in [0.3, 0.4) is 0 Å². The lowest BCUT2D eigenvalue weighted by Gasteiger charge is -2.10. The molecular formula is C30H24N2O2. The van der Waals surface area contributed by atoms with Crippen LogP contribution in [0.15, 0.2) is 97.1 Å². The second kappa shape index (κ2) is 10.1. The summed E-state index contributed by atoms with van der Waals surface area (Å²) >= 11 is 0. The Kier molecular flexibility index (Phi) is 6.36. The first-order valence-electron chi connectivity index (χ1n) is 11.4. The van der Waals surface area contributed by atoms with Gasteiger partial charge in [-0.1, -0.05) is 48.5 Å². The summed E-state index contributed by atoms with van der Waals surface area (Å²) in [5.41, 5.74) is 3.78. The molecule has 0 aliphatic heterocycles. The van der Waals surface area contributed by atoms with E-state index in [4.69, 9.17) is 14.7 Å². The lowest BCUT2D eigenvalue weighted by atomic mass is 10.1. The SMILES string of the molecule is N#Cc1ccc(CCCOc2ccc3ccc(OCc4ccc5ccccc5n4)cc3c2)cc1. The standard InChI is InChI=1S/C30H24N2O2/c31-20-23-9-7-22(8-10-23)4-3-17-33-28-15-12-24-13-16-29(19-26(24)18-28)34-21-27-14-11-25-5-1-2-6-30(25)32-27/h1-2,5-16,18-19H,3-4,17,21H2. The van der Waals surface area contributed by atoms with Gasteiger partial charge in [-0.2, -0.15) is 5.26 Å². The van der Waals surface area contributed by atoms with Gasteiger partial charge in [-0.25, -0.2) is 4.98 Å². The van der Waals surface area contributed by atoms with Crippen molar-refractivity contribution in [2.24, 2.45) is 0 Å². The number of benzene rings is 4. The van der Waals surface area contributed by atoms with E-state index in [0.717, 1.165) is 51.7 Å². The number of aromatic nitrogens is 1. The maximum absolute atomic E-state index is 8.90. The van der Waals surface area contributed by atoms with E-state index in [0.29, 0.717) is 18.8 Å². The van der Waals surface area contributed by atoms with Crippen LogP contribution < -0.4 is 9.47 Å². The summed E-state index contributed by atoms with van der Waals surface area (Å²) in [7, 11) is 0. The van der Waals surface area contributed by atoms with Crippen LogP contribution in [0.25, 0.3) is 21.7 Å². The number of aryl methyl sites for hydroxylation is 1. The van der Waals surface area contributed by atoms with Crippen LogP contribution in [-0.2, 0) is 13.0 Å². The number of nitrogens with zero attached hydrogens (tertiary/aromatic N) is 2. The zero-order chi connectivity index (χ0) is 23.2. The molecule has 0 saturated carbocycles. The average molecular weight is 445 g/mol. The van der Waals surface area contributed by atoms with E-state index in [2.05, 4.69) is 41.4 Å². The highest BCUT2D eigenvalue weighted by Gasteiger charge is 2.04. The molecule has 1 heterocycles. The summed E-state index contributed by atoms with van der Waals surface area (Å²) in [6, 6.07) is 34.3. The monoisotopic (exact) mass is 444 g/mol. The maximum Gasteiger partial charge on any atom is 0.130 e. The highest BCUT2D eigenvalue weighted by atomic mass is 16.5. The number of para-hydroxylation sites is 1. The first-order valence-corrected chi connectivity index (χ1v) is 11.4. The van der Waals surface area contributed by atoms with Gasteiger partial charge in [-0.3, -0.25) is 0 Å². The van der Waals surface area contributed by atoms with Crippen LogP contribution in [0.4, 0.5) is 0 Å². The number of hydrogen-bond acceptors (Lipinski definition) is 4. The summed E-state index contributed by atoms with van der Waals surface area (Å²) in [5.74, 6) is 1.65. The third kappa shape index (κ3) is 5.16. The van der Waals surface area contributed by atoms with E-state index >= 15 is 0 Å². The Morgan fingerprint density at radius 3 is 2.24 bits per heavy atom. The van der Waals surface area contributed by atoms with Gasteiger partial charge >= 0.3 is 0 Å². The summed E-state index contributed by atoms with van der Waals surface area (Å²) in [6.45, 7) is 1.05. The summed E-state index contributed by atoms with van der Waals surface area (Å²) < 4.78 is 12.0. The van der Waals surface area contributed by atoms with Gasteiger partial charge < -0.3 is 9.47 Å². The molecule has 4 nitrogen and oxygen atoms in total. The largest absolute Gasteiger partial charge is 0.494 e. The summed E-state index contributed by atoms with van der Waals surface area (Å²) in [5, 5.41) is 12.2. The molecule has 0 saturated heterocycles. The first-order chi connectivity index (χ1) is 16.8. The van der Waals surface area contributed by atoms with Gasteiger partial charge in [0.1, 0.15) is 18.1 Å². The minimum absolute atomic E-state index is 0.419. The molecule has 0 radical (unpaired) electrons. The van der Waals surface area contributed by atoms with Crippen molar-refractivity contribution in [3.63, 3.8) is 0 Å². The average Bonchev–Trinajstić information content (AvgIpc) is 2.90. The van der Waals surface area contributed by atoms with Gasteiger partial charge in [0.2, 0.25) is 0 Å². The Bertz CT molecular complexity index is 1470. The van der Waals surface area contributed by atoms with Gasteiger partial charge in [0.05, 0.1) is 29.5 Å². The van der Waals surface area contributed by atoms with Gasteiger partial charge in [0, 0.05) is 5.39 Å². The van der Waals surface area contributed by atoms with E-state index in [1.165, 1.54) is 5.56 Å². The number of nitriles is 1. The predicted molar refractivity (Wildman–Crippen MR) is 135 cm³/mol. The second-order valence-corrected chi connectivity index (χ2v) is 8.22. The predicted octanol–water partition coefficient (Wildman–Crippen LogP) is 6.85. The van der Waals surface area contributed by atoms with E-state index in [1.807, 2.05) is 66.7 Å². The Labute approximate surface area is 199 Å². The topological polar surface area (TPSA) is 55.1 Å². The smallest absolute Gasteiger partial charge is 0.130 e. The zero-order valence-corrected chi connectivity index (χ0v) is 18.8. The van der Waals surface area contributed by atoms with Gasteiger partial charge in [-0.15, -0.1) is 0 Å². The molecule has 166 valence electrons. The highest BCUT2D eigenvalue weighted by molar-refractivity contribution is 5.85. The quantitative estimate of drug-likeness (QED) is 0.246. The Morgan fingerprint density at radius 1 is 0.706 bits per heavy atom. The Balaban J connectivity index is 1.19. The van der Waals surface area contributed by atoms with Crippen molar-refractivity contribution in [3.05, 3.63) is 114 Å². The van der Waals surface area contributed by atoms with E-state index in [-0.39, 0.29) is 0 Å². The minimum Gasteiger partial charge on any atom is -0.494 e. The molecule has 5 aromatic rings. The van der Waals surface area contributed by atoms with Crippen LogP contribution in [0, 0.1) is 11.3 Å². The molecule has 0 aliphatic rings. The molecule has 0 fully saturated rings. The molecule has 0 amide bonds. The number of ether oxygens (including phenoxy) is 2. The lowest BCUT2D eigenvalue weighted by Crippen LogP contribution is -2.00. The molecule has 0 N–H and O–H groups in total. The third-order valence-electron chi connectivity index (χ3n) is 5.79. The van der Waals surface area contributed by atoms with Crippen molar-refractivity contribution >= 4 is 21.7 Å². The molecule has 34 heavy (non-hydrogen) atoms. The zero-order valence-electron chi connectivity index (χ0n) is 18.8. The molecule has 5 rings (SSSR count). The van der Waals surface area contributed by atoms with Crippen molar-refractivity contribution in [2.45, 2.75) is 19.4 Å². The van der Waals surface area contributed by atoms with E-state index in [9.17, 15) is 0 Å². The van der Waals surface area contributed by atoms with Crippen LogP contribution in [0.5, 0.6) is 11.5 Å². The number of rotatable bonds is 8. The van der Waals surface area contributed by atoms with Gasteiger partial charge in [0.15, 0.2) is 0 Å². The van der Waals surface area contributed by atoms with E-state index in [1.54, 1.807) is 0 Å². The van der Waals surface area contributed by atoms with Crippen LogP contribution >= 0.6 is 0 Å². The molecule has 4 heteroatoms. The van der Waals surface area contributed by atoms with Crippen molar-refractivity contribution in [1.29, 1.82) is 5.26 Å². The fourth-order valence-electron chi connectivity index (χ4n) is 3.94. The molecule has 0 bridgehead atoms. The first kappa shape index (κ1) is 21.5. The van der Waals surface area contributed by atoms with Crippen molar-refractivity contribution in [1.82, 2.24) is 4.98 Å². The van der Waals surface area contributed by atoms with Crippen molar-refractivity contribution in [2.75, 3.05) is 6.61 Å².